The van der Waals surface area contributed by atoms with Crippen LogP contribution in [0.5, 0.6) is 0 Å². The maximum atomic E-state index is 11.5. The molecule has 92 valence electrons. The van der Waals surface area contributed by atoms with Crippen molar-refractivity contribution in [3.63, 3.8) is 0 Å². The summed E-state index contributed by atoms with van der Waals surface area (Å²) in [5.41, 5.74) is 0.151. The predicted molar refractivity (Wildman–Crippen MR) is 61.6 cm³/mol. The third-order valence-electron chi connectivity index (χ3n) is 2.14. The summed E-state index contributed by atoms with van der Waals surface area (Å²) >= 11 is 0. The highest BCUT2D eigenvalue weighted by atomic mass is 35.7. The van der Waals surface area contributed by atoms with Crippen LogP contribution in [0, 0.1) is 18.3 Å². The Hall–Kier alpha value is -1.98. The van der Waals surface area contributed by atoms with Gasteiger partial charge in [0.2, 0.25) is 0 Å². The molecule has 0 spiro atoms. The fourth-order valence-electron chi connectivity index (χ4n) is 1.42. The number of nitrogens with zero attached hydrogens (tertiary/aromatic N) is 5. The first-order valence-corrected chi connectivity index (χ1v) is 6.98. The number of aryl methyl sites for hydroxylation is 1. The molecule has 0 N–H and O–H groups in total. The van der Waals surface area contributed by atoms with Crippen molar-refractivity contribution in [2.45, 2.75) is 11.9 Å². The van der Waals surface area contributed by atoms with Crippen LogP contribution in [0.15, 0.2) is 23.4 Å². The van der Waals surface area contributed by atoms with Gasteiger partial charge in [-0.05, 0) is 19.1 Å². The van der Waals surface area contributed by atoms with E-state index in [-0.39, 0.29) is 17.1 Å². The number of aromatic nitrogens is 4. The van der Waals surface area contributed by atoms with Crippen molar-refractivity contribution < 1.29 is 8.42 Å². The Kier molecular flexibility index (Phi) is 3.02. The molecule has 0 atom stereocenters. The average Bonchev–Trinajstić information content (AvgIpc) is 2.67. The normalized spacial score (nSPS) is 11.2. The highest BCUT2D eigenvalue weighted by Gasteiger charge is 2.26. The van der Waals surface area contributed by atoms with Crippen LogP contribution in [0.25, 0.3) is 5.82 Å². The monoisotopic (exact) mass is 283 g/mol. The highest BCUT2D eigenvalue weighted by Crippen LogP contribution is 2.24. The summed E-state index contributed by atoms with van der Waals surface area (Å²) in [7, 11) is 1.20. The number of nitriles is 1. The van der Waals surface area contributed by atoms with Crippen molar-refractivity contribution in [2.24, 2.45) is 0 Å². The van der Waals surface area contributed by atoms with Crippen LogP contribution in [0.3, 0.4) is 0 Å². The largest absolute Gasteiger partial charge is 0.280 e. The first kappa shape index (κ1) is 12.5. The molecular formula is C9H6ClN5O2S. The Morgan fingerprint density at radius 1 is 1.50 bits per heavy atom. The second-order valence-corrected chi connectivity index (χ2v) is 5.79. The minimum absolute atomic E-state index is 0.101. The molecule has 2 aromatic rings. The Balaban J connectivity index is 2.83. The second kappa shape index (κ2) is 4.36. The van der Waals surface area contributed by atoms with Gasteiger partial charge >= 0.3 is 0 Å². The molecule has 0 unspecified atom stereocenters. The molecule has 0 saturated heterocycles. The lowest BCUT2D eigenvalue weighted by atomic mass is 10.3. The fraction of sp³-hybridized carbons (Fsp3) is 0.111. The van der Waals surface area contributed by atoms with Gasteiger partial charge < -0.3 is 0 Å². The molecule has 0 radical (unpaired) electrons. The van der Waals surface area contributed by atoms with E-state index in [9.17, 15) is 8.42 Å². The first-order chi connectivity index (χ1) is 8.45. The molecule has 9 heteroatoms. The zero-order valence-corrected chi connectivity index (χ0v) is 10.6. The summed E-state index contributed by atoms with van der Waals surface area (Å²) in [5, 5.41) is 19.9. The lowest BCUT2D eigenvalue weighted by Gasteiger charge is -2.02. The van der Waals surface area contributed by atoms with E-state index < -0.39 is 14.1 Å². The molecule has 0 fully saturated rings. The van der Waals surface area contributed by atoms with Gasteiger partial charge in [-0.25, -0.2) is 8.42 Å². The molecule has 0 aliphatic heterocycles. The van der Waals surface area contributed by atoms with E-state index in [1.807, 2.05) is 0 Å². The molecule has 0 amide bonds. The Bertz CT molecular complexity index is 732. The Morgan fingerprint density at radius 2 is 2.22 bits per heavy atom. The topological polar surface area (TPSA) is 102 Å². The van der Waals surface area contributed by atoms with E-state index in [1.54, 1.807) is 12.1 Å². The lowest BCUT2D eigenvalue weighted by molar-refractivity contribution is 0.597. The van der Waals surface area contributed by atoms with Crippen LogP contribution in [-0.2, 0) is 9.05 Å². The highest BCUT2D eigenvalue weighted by molar-refractivity contribution is 8.13. The van der Waals surface area contributed by atoms with E-state index in [4.69, 9.17) is 15.9 Å². The maximum Gasteiger partial charge on any atom is 0.280 e. The summed E-state index contributed by atoms with van der Waals surface area (Å²) < 4.78 is 24.0. The molecular weight excluding hydrogens is 278 g/mol. The smallest absolute Gasteiger partial charge is 0.205 e. The molecule has 2 heterocycles. The molecule has 7 nitrogen and oxygen atoms in total. The van der Waals surface area contributed by atoms with Gasteiger partial charge in [-0.1, -0.05) is 0 Å². The minimum Gasteiger partial charge on any atom is -0.205 e. The summed E-state index contributed by atoms with van der Waals surface area (Å²) in [5.74, 6) is 0.168. The standard InChI is InChI=1S/C9H6ClN5O2S/c1-6-7(5-11)9(18(10,16)17)15(14-6)8-3-2-4-12-13-8/h2-4H,1H3. The van der Waals surface area contributed by atoms with Gasteiger partial charge in [0.15, 0.2) is 10.8 Å². The van der Waals surface area contributed by atoms with Crippen LogP contribution >= 0.6 is 10.7 Å². The number of hydrogen-bond acceptors (Lipinski definition) is 6. The van der Waals surface area contributed by atoms with Crippen LogP contribution in [-0.4, -0.2) is 28.4 Å². The quantitative estimate of drug-likeness (QED) is 0.754. The number of halogens is 1. The second-order valence-electron chi connectivity index (χ2n) is 3.31. The van der Waals surface area contributed by atoms with E-state index in [1.165, 1.54) is 19.2 Å². The van der Waals surface area contributed by atoms with Gasteiger partial charge in [-0.3, -0.25) is 0 Å². The summed E-state index contributed by atoms with van der Waals surface area (Å²) in [6.45, 7) is 1.51. The van der Waals surface area contributed by atoms with Crippen molar-refractivity contribution >= 4 is 19.7 Å². The lowest BCUT2D eigenvalue weighted by Crippen LogP contribution is -2.08. The van der Waals surface area contributed by atoms with E-state index in [0.29, 0.717) is 0 Å². The molecule has 0 aliphatic rings. The summed E-state index contributed by atoms with van der Waals surface area (Å²) in [6.07, 6.45) is 1.43. The van der Waals surface area contributed by atoms with Crippen molar-refractivity contribution in [3.05, 3.63) is 29.6 Å². The van der Waals surface area contributed by atoms with Crippen LogP contribution in [0.4, 0.5) is 0 Å². The third-order valence-corrected chi connectivity index (χ3v) is 3.41. The van der Waals surface area contributed by atoms with Crippen LogP contribution < -0.4 is 0 Å². The molecule has 0 bridgehead atoms. The van der Waals surface area contributed by atoms with Crippen molar-refractivity contribution in [3.8, 4) is 11.9 Å². The molecule has 0 saturated carbocycles. The Morgan fingerprint density at radius 3 is 2.72 bits per heavy atom. The van der Waals surface area contributed by atoms with Crippen molar-refractivity contribution in [2.75, 3.05) is 0 Å². The third kappa shape index (κ3) is 2.05. The van der Waals surface area contributed by atoms with Gasteiger partial charge in [0.25, 0.3) is 9.05 Å². The molecule has 2 aromatic heterocycles. The van der Waals surface area contributed by atoms with E-state index in [0.717, 1.165) is 4.68 Å². The van der Waals surface area contributed by atoms with E-state index in [2.05, 4.69) is 15.3 Å². The van der Waals surface area contributed by atoms with Gasteiger partial charge in [0.1, 0.15) is 11.6 Å². The molecule has 18 heavy (non-hydrogen) atoms. The first-order valence-electron chi connectivity index (χ1n) is 4.67. The van der Waals surface area contributed by atoms with Gasteiger partial charge in [0.05, 0.1) is 5.69 Å². The summed E-state index contributed by atoms with van der Waals surface area (Å²) in [4.78, 5) is 0. The van der Waals surface area contributed by atoms with Crippen LogP contribution in [0.2, 0.25) is 0 Å². The van der Waals surface area contributed by atoms with Gasteiger partial charge in [0, 0.05) is 16.9 Å². The zero-order chi connectivity index (χ0) is 13.3. The van der Waals surface area contributed by atoms with Crippen molar-refractivity contribution in [1.29, 1.82) is 5.26 Å². The molecule has 2 rings (SSSR count). The molecule has 0 aromatic carbocycles. The zero-order valence-electron chi connectivity index (χ0n) is 9.07. The summed E-state index contributed by atoms with van der Waals surface area (Å²) in [6, 6.07) is 4.84. The van der Waals surface area contributed by atoms with E-state index >= 15 is 0 Å². The van der Waals surface area contributed by atoms with Crippen molar-refractivity contribution in [1.82, 2.24) is 20.0 Å². The minimum atomic E-state index is -4.12. The molecule has 0 aliphatic carbocycles. The fourth-order valence-corrected chi connectivity index (χ4v) is 2.63. The van der Waals surface area contributed by atoms with Gasteiger partial charge in [-0.2, -0.15) is 20.1 Å². The Labute approximate surface area is 107 Å². The SMILES string of the molecule is Cc1nn(-c2cccnn2)c(S(=O)(=O)Cl)c1C#N. The number of rotatable bonds is 2. The maximum absolute atomic E-state index is 11.5. The van der Waals surface area contributed by atoms with Gasteiger partial charge in [-0.15, -0.1) is 5.10 Å². The average molecular weight is 284 g/mol. The number of hydrogen-bond donors (Lipinski definition) is 0. The van der Waals surface area contributed by atoms with Crippen LogP contribution in [0.1, 0.15) is 11.3 Å². The predicted octanol–water partition coefficient (Wildman–Crippen LogP) is 0.770.